The summed E-state index contributed by atoms with van der Waals surface area (Å²) in [5, 5.41) is 0. The molecule has 0 bridgehead atoms. The second-order valence-electron chi connectivity index (χ2n) is 7.08. The third kappa shape index (κ3) is 2.50. The molecule has 2 aliphatic heterocycles. The Kier molecular flexibility index (Phi) is 3.38. The number of hydrogen-bond donors (Lipinski definition) is 0. The van der Waals surface area contributed by atoms with Gasteiger partial charge in [-0.15, -0.1) is 11.3 Å². The highest BCUT2D eigenvalue weighted by Gasteiger charge is 2.45. The topological polar surface area (TPSA) is 54.5 Å². The first-order valence-corrected chi connectivity index (χ1v) is 10.7. The van der Waals surface area contributed by atoms with Gasteiger partial charge in [-0.1, -0.05) is 0 Å². The minimum absolute atomic E-state index is 0.114. The first-order valence-electron chi connectivity index (χ1n) is 8.08. The summed E-state index contributed by atoms with van der Waals surface area (Å²) in [5.74, 6) is 0.676. The Labute approximate surface area is 135 Å². The lowest BCUT2D eigenvalue weighted by molar-refractivity contribution is 0.0569. The number of carbonyl (C=O) groups is 1. The number of aryl methyl sites for hydroxylation is 2. The van der Waals surface area contributed by atoms with Gasteiger partial charge in [0.25, 0.3) is 5.91 Å². The molecule has 0 unspecified atom stereocenters. The van der Waals surface area contributed by atoms with Crippen LogP contribution in [0, 0.1) is 5.41 Å². The van der Waals surface area contributed by atoms with Crippen LogP contribution in [0.4, 0.5) is 0 Å². The zero-order valence-electron chi connectivity index (χ0n) is 12.6. The van der Waals surface area contributed by atoms with Crippen molar-refractivity contribution in [3.8, 4) is 0 Å². The second kappa shape index (κ2) is 5.06. The molecule has 1 atom stereocenters. The summed E-state index contributed by atoms with van der Waals surface area (Å²) in [7, 11) is -2.90. The normalized spacial score (nSPS) is 29.9. The summed E-state index contributed by atoms with van der Waals surface area (Å²) in [5.41, 5.74) is 1.18. The smallest absolute Gasteiger partial charge is 0.263 e. The van der Waals surface area contributed by atoms with E-state index in [9.17, 15) is 13.2 Å². The Morgan fingerprint density at radius 2 is 2.09 bits per heavy atom. The molecule has 0 radical (unpaired) electrons. The van der Waals surface area contributed by atoms with E-state index in [1.807, 2.05) is 4.90 Å². The van der Waals surface area contributed by atoms with E-state index in [-0.39, 0.29) is 17.1 Å². The van der Waals surface area contributed by atoms with Crippen molar-refractivity contribution in [2.24, 2.45) is 5.41 Å². The molecule has 3 aliphatic rings. The SMILES string of the molecule is O=C(c1cc2c(s1)CCC2)N1CCC[C@@]2(CCS(=O)(=O)C2)C1. The largest absolute Gasteiger partial charge is 0.337 e. The predicted octanol–water partition coefficient (Wildman–Crippen LogP) is 2.28. The Bertz CT molecular complexity index is 700. The summed E-state index contributed by atoms with van der Waals surface area (Å²) in [4.78, 5) is 16.9. The molecule has 22 heavy (non-hydrogen) atoms. The molecule has 3 heterocycles. The van der Waals surface area contributed by atoms with Crippen molar-refractivity contribution in [1.29, 1.82) is 0 Å². The van der Waals surface area contributed by atoms with E-state index in [2.05, 4.69) is 6.07 Å². The molecule has 1 aromatic rings. The number of amides is 1. The number of likely N-dealkylation sites (tertiary alicyclic amines) is 1. The summed E-state index contributed by atoms with van der Waals surface area (Å²) in [6.45, 7) is 1.39. The first-order chi connectivity index (χ1) is 10.5. The van der Waals surface area contributed by atoms with Crippen LogP contribution in [0.15, 0.2) is 6.07 Å². The van der Waals surface area contributed by atoms with Crippen LogP contribution in [-0.2, 0) is 22.7 Å². The lowest BCUT2D eigenvalue weighted by atomic mass is 9.79. The van der Waals surface area contributed by atoms with E-state index >= 15 is 0 Å². The van der Waals surface area contributed by atoms with E-state index in [1.54, 1.807) is 11.3 Å². The van der Waals surface area contributed by atoms with Crippen LogP contribution in [0.3, 0.4) is 0 Å². The third-order valence-electron chi connectivity index (χ3n) is 5.38. The fourth-order valence-corrected chi connectivity index (χ4v) is 7.70. The van der Waals surface area contributed by atoms with Gasteiger partial charge in [-0.2, -0.15) is 0 Å². The number of sulfone groups is 1. The van der Waals surface area contributed by atoms with Gasteiger partial charge in [0.05, 0.1) is 16.4 Å². The monoisotopic (exact) mass is 339 g/mol. The third-order valence-corrected chi connectivity index (χ3v) is 8.48. The van der Waals surface area contributed by atoms with Crippen LogP contribution in [0.5, 0.6) is 0 Å². The molecular weight excluding hydrogens is 318 g/mol. The molecule has 1 amide bonds. The maximum absolute atomic E-state index is 12.8. The molecule has 0 saturated carbocycles. The number of fused-ring (bicyclic) bond motifs is 1. The van der Waals surface area contributed by atoms with E-state index < -0.39 is 9.84 Å². The Hall–Kier alpha value is -0.880. The Balaban J connectivity index is 1.53. The summed E-state index contributed by atoms with van der Waals surface area (Å²) in [6.07, 6.45) is 6.00. The van der Waals surface area contributed by atoms with E-state index in [1.165, 1.54) is 16.9 Å². The van der Waals surface area contributed by atoms with Crippen molar-refractivity contribution in [3.05, 3.63) is 21.4 Å². The fraction of sp³-hybridized carbons (Fsp3) is 0.688. The molecule has 2 fully saturated rings. The molecule has 4 rings (SSSR count). The quantitative estimate of drug-likeness (QED) is 0.789. The van der Waals surface area contributed by atoms with Gasteiger partial charge in [-0.25, -0.2) is 8.42 Å². The molecule has 0 aromatic carbocycles. The molecular formula is C16H21NO3S2. The minimum Gasteiger partial charge on any atom is -0.337 e. The highest BCUT2D eigenvalue weighted by atomic mass is 32.2. The van der Waals surface area contributed by atoms with Gasteiger partial charge >= 0.3 is 0 Å². The van der Waals surface area contributed by atoms with Crippen molar-refractivity contribution in [1.82, 2.24) is 4.90 Å². The fourth-order valence-electron chi connectivity index (χ4n) is 4.28. The van der Waals surface area contributed by atoms with Crippen LogP contribution >= 0.6 is 11.3 Å². The van der Waals surface area contributed by atoms with Gasteiger partial charge in [0.1, 0.15) is 0 Å². The van der Waals surface area contributed by atoms with Crippen molar-refractivity contribution < 1.29 is 13.2 Å². The zero-order valence-corrected chi connectivity index (χ0v) is 14.3. The van der Waals surface area contributed by atoms with Crippen molar-refractivity contribution in [3.63, 3.8) is 0 Å². The maximum Gasteiger partial charge on any atom is 0.263 e. The van der Waals surface area contributed by atoms with E-state index in [0.29, 0.717) is 12.3 Å². The van der Waals surface area contributed by atoms with Crippen LogP contribution in [0.2, 0.25) is 0 Å². The molecule has 1 spiro atoms. The second-order valence-corrected chi connectivity index (χ2v) is 10.4. The van der Waals surface area contributed by atoms with Gasteiger partial charge in [0.2, 0.25) is 0 Å². The number of nitrogens with zero attached hydrogens (tertiary/aromatic N) is 1. The number of piperidine rings is 1. The number of hydrogen-bond acceptors (Lipinski definition) is 4. The average Bonchev–Trinajstić information content (AvgIpc) is 3.12. The summed E-state index contributed by atoms with van der Waals surface area (Å²) in [6, 6.07) is 2.07. The Morgan fingerprint density at radius 1 is 1.23 bits per heavy atom. The molecule has 120 valence electrons. The van der Waals surface area contributed by atoms with Crippen LogP contribution < -0.4 is 0 Å². The molecule has 2 saturated heterocycles. The predicted molar refractivity (Wildman–Crippen MR) is 87.2 cm³/mol. The maximum atomic E-state index is 12.8. The summed E-state index contributed by atoms with van der Waals surface area (Å²) < 4.78 is 23.7. The molecule has 1 aliphatic carbocycles. The molecule has 4 nitrogen and oxygen atoms in total. The van der Waals surface area contributed by atoms with Gasteiger partial charge in [-0.3, -0.25) is 4.79 Å². The van der Waals surface area contributed by atoms with Crippen molar-refractivity contribution in [2.45, 2.75) is 38.5 Å². The Morgan fingerprint density at radius 3 is 2.82 bits per heavy atom. The zero-order chi connectivity index (χ0) is 15.4. The van der Waals surface area contributed by atoms with Gasteiger partial charge < -0.3 is 4.90 Å². The lowest BCUT2D eigenvalue weighted by Gasteiger charge is -2.39. The van der Waals surface area contributed by atoms with Gasteiger partial charge in [0, 0.05) is 23.4 Å². The molecule has 0 N–H and O–H groups in total. The number of thiophene rings is 1. The van der Waals surface area contributed by atoms with Crippen LogP contribution in [-0.4, -0.2) is 43.8 Å². The van der Waals surface area contributed by atoms with E-state index in [0.717, 1.165) is 43.5 Å². The highest BCUT2D eigenvalue weighted by molar-refractivity contribution is 7.91. The minimum atomic E-state index is -2.90. The van der Waals surface area contributed by atoms with E-state index in [4.69, 9.17) is 0 Å². The summed E-state index contributed by atoms with van der Waals surface area (Å²) >= 11 is 1.65. The average molecular weight is 339 g/mol. The first kappa shape index (κ1) is 14.7. The van der Waals surface area contributed by atoms with Crippen LogP contribution in [0.1, 0.15) is 45.8 Å². The highest BCUT2D eigenvalue weighted by Crippen LogP contribution is 2.41. The number of rotatable bonds is 1. The van der Waals surface area contributed by atoms with Crippen molar-refractivity contribution >= 4 is 27.1 Å². The molecule has 6 heteroatoms. The lowest BCUT2D eigenvalue weighted by Crippen LogP contribution is -2.46. The number of carbonyl (C=O) groups excluding carboxylic acids is 1. The van der Waals surface area contributed by atoms with Crippen LogP contribution in [0.25, 0.3) is 0 Å². The molecule has 1 aromatic heterocycles. The van der Waals surface area contributed by atoms with Gasteiger partial charge in [0.15, 0.2) is 9.84 Å². The standard InChI is InChI=1S/C16H21NO3S2/c18-15(14-9-12-3-1-4-13(12)21-14)17-7-2-5-16(10-17)6-8-22(19,20)11-16/h9H,1-8,10-11H2/t16-/m1/s1. The van der Waals surface area contributed by atoms with Gasteiger partial charge in [-0.05, 0) is 50.2 Å². The van der Waals surface area contributed by atoms with Crippen molar-refractivity contribution in [2.75, 3.05) is 24.6 Å².